The zero-order chi connectivity index (χ0) is 22.8. The van der Waals surface area contributed by atoms with Crippen LogP contribution in [0.4, 0.5) is 9.59 Å². The van der Waals surface area contributed by atoms with Crippen molar-refractivity contribution < 1.29 is 19.1 Å². The number of hydrogen-bond acceptors (Lipinski definition) is 5. The van der Waals surface area contributed by atoms with Crippen LogP contribution in [0.1, 0.15) is 82.1 Å². The van der Waals surface area contributed by atoms with E-state index in [1.54, 1.807) is 0 Å². The molecule has 0 aliphatic carbocycles. The summed E-state index contributed by atoms with van der Waals surface area (Å²) in [5, 5.41) is 9.30. The van der Waals surface area contributed by atoms with E-state index in [-0.39, 0.29) is 12.1 Å². The van der Waals surface area contributed by atoms with E-state index >= 15 is 0 Å². The number of amides is 2. The molecule has 172 valence electrons. The smallest absolute Gasteiger partial charge is 0.407 e. The number of nitrogens with one attached hydrogen (secondary N) is 3. The molecule has 0 bridgehead atoms. The molecule has 7 heteroatoms. The van der Waals surface area contributed by atoms with E-state index in [2.05, 4.69) is 43.6 Å². The minimum Gasteiger partial charge on any atom is -0.444 e. The van der Waals surface area contributed by atoms with Crippen molar-refractivity contribution in [2.75, 3.05) is 13.1 Å². The van der Waals surface area contributed by atoms with Gasteiger partial charge in [0.15, 0.2) is 0 Å². The van der Waals surface area contributed by atoms with E-state index in [0.29, 0.717) is 24.9 Å². The van der Waals surface area contributed by atoms with Crippen LogP contribution in [-0.4, -0.2) is 48.6 Å². The Morgan fingerprint density at radius 3 is 1.24 bits per heavy atom. The van der Waals surface area contributed by atoms with Crippen molar-refractivity contribution in [2.45, 2.75) is 105 Å². The first kappa shape index (κ1) is 27.5. The molecule has 0 saturated heterocycles. The number of ether oxygens (including phenoxy) is 2. The van der Waals surface area contributed by atoms with E-state index in [4.69, 9.17) is 9.47 Å². The summed E-state index contributed by atoms with van der Waals surface area (Å²) in [6, 6.07) is -0.0999. The summed E-state index contributed by atoms with van der Waals surface area (Å²) in [4.78, 5) is 24.3. The van der Waals surface area contributed by atoms with Crippen LogP contribution in [0.5, 0.6) is 0 Å². The lowest BCUT2D eigenvalue weighted by Crippen LogP contribution is -2.49. The predicted octanol–water partition coefficient (Wildman–Crippen LogP) is 4.45. The van der Waals surface area contributed by atoms with Crippen molar-refractivity contribution >= 4 is 12.2 Å². The van der Waals surface area contributed by atoms with Gasteiger partial charge in [0.1, 0.15) is 11.2 Å². The maximum Gasteiger partial charge on any atom is 0.407 e. The third kappa shape index (κ3) is 17.1. The van der Waals surface area contributed by atoms with Crippen molar-refractivity contribution in [3.63, 3.8) is 0 Å². The van der Waals surface area contributed by atoms with Crippen molar-refractivity contribution in [2.24, 2.45) is 11.8 Å². The fraction of sp³-hybridized carbons (Fsp3) is 0.909. The Morgan fingerprint density at radius 1 is 0.690 bits per heavy atom. The van der Waals surface area contributed by atoms with E-state index in [1.165, 1.54) is 0 Å². The van der Waals surface area contributed by atoms with Gasteiger partial charge in [0.2, 0.25) is 0 Å². The highest BCUT2D eigenvalue weighted by atomic mass is 16.6. The van der Waals surface area contributed by atoms with Crippen LogP contribution in [0.3, 0.4) is 0 Å². The molecule has 0 aromatic rings. The first-order chi connectivity index (χ1) is 13.1. The number of carbonyl (C=O) groups is 2. The molecule has 0 heterocycles. The largest absolute Gasteiger partial charge is 0.444 e. The first-order valence-corrected chi connectivity index (χ1v) is 10.8. The quantitative estimate of drug-likeness (QED) is 0.490. The lowest BCUT2D eigenvalue weighted by molar-refractivity contribution is 0.0494. The van der Waals surface area contributed by atoms with Gasteiger partial charge in [-0.25, -0.2) is 9.59 Å². The van der Waals surface area contributed by atoms with Crippen molar-refractivity contribution in [3.05, 3.63) is 0 Å². The molecule has 0 spiro atoms. The molecule has 0 rings (SSSR count). The Balaban J connectivity index is 4.75. The predicted molar refractivity (Wildman–Crippen MR) is 118 cm³/mol. The van der Waals surface area contributed by atoms with E-state index < -0.39 is 23.4 Å². The van der Waals surface area contributed by atoms with Gasteiger partial charge in [-0.2, -0.15) is 0 Å². The van der Waals surface area contributed by atoms with Gasteiger partial charge in [-0.05, 0) is 66.2 Å². The van der Waals surface area contributed by atoms with Crippen LogP contribution >= 0.6 is 0 Å². The van der Waals surface area contributed by atoms with Gasteiger partial charge in [-0.15, -0.1) is 0 Å². The van der Waals surface area contributed by atoms with Gasteiger partial charge in [0.05, 0.1) is 0 Å². The molecule has 29 heavy (non-hydrogen) atoms. The molecule has 7 nitrogen and oxygen atoms in total. The van der Waals surface area contributed by atoms with E-state index in [0.717, 1.165) is 12.8 Å². The van der Waals surface area contributed by atoms with Gasteiger partial charge < -0.3 is 25.4 Å². The number of alkyl carbamates (subject to hydrolysis) is 2. The SMILES string of the molecule is CC(C)C[C@@H](CNC[C@H](CC(C)C)NC(=O)OC(C)(C)C)NC(=O)OC(C)(C)C. The molecule has 2 amide bonds. The Kier molecular flexibility index (Phi) is 11.6. The van der Waals surface area contributed by atoms with Gasteiger partial charge in [0, 0.05) is 25.2 Å². The van der Waals surface area contributed by atoms with Gasteiger partial charge in [-0.3, -0.25) is 0 Å². The van der Waals surface area contributed by atoms with E-state index in [1.807, 2.05) is 41.5 Å². The second kappa shape index (κ2) is 12.3. The molecule has 0 radical (unpaired) electrons. The van der Waals surface area contributed by atoms with Crippen LogP contribution in [0.15, 0.2) is 0 Å². The molecule has 0 aliphatic rings. The Morgan fingerprint density at radius 2 is 1.00 bits per heavy atom. The molecule has 0 aliphatic heterocycles. The second-order valence-electron chi connectivity index (χ2n) is 10.6. The Bertz CT molecular complexity index is 449. The number of rotatable bonds is 10. The summed E-state index contributed by atoms with van der Waals surface area (Å²) < 4.78 is 10.8. The summed E-state index contributed by atoms with van der Waals surface area (Å²) in [5.41, 5.74) is -1.06. The molecule has 0 aromatic carbocycles. The lowest BCUT2D eigenvalue weighted by Gasteiger charge is -2.27. The summed E-state index contributed by atoms with van der Waals surface area (Å²) >= 11 is 0. The fourth-order valence-corrected chi connectivity index (χ4v) is 2.90. The van der Waals surface area contributed by atoms with Crippen LogP contribution < -0.4 is 16.0 Å². The van der Waals surface area contributed by atoms with Crippen LogP contribution in [0.2, 0.25) is 0 Å². The third-order valence-electron chi connectivity index (χ3n) is 3.74. The zero-order valence-electron chi connectivity index (χ0n) is 20.3. The van der Waals surface area contributed by atoms with Crippen molar-refractivity contribution in [3.8, 4) is 0 Å². The first-order valence-electron chi connectivity index (χ1n) is 10.8. The molecule has 2 atom stereocenters. The second-order valence-corrected chi connectivity index (χ2v) is 10.6. The summed E-state index contributed by atoms with van der Waals surface area (Å²) in [7, 11) is 0. The zero-order valence-corrected chi connectivity index (χ0v) is 20.3. The highest BCUT2D eigenvalue weighted by molar-refractivity contribution is 5.68. The molecular weight excluding hydrogens is 370 g/mol. The van der Waals surface area contributed by atoms with Crippen LogP contribution in [0.25, 0.3) is 0 Å². The molecule has 0 aromatic heterocycles. The van der Waals surface area contributed by atoms with Crippen LogP contribution in [-0.2, 0) is 9.47 Å². The van der Waals surface area contributed by atoms with Gasteiger partial charge in [-0.1, -0.05) is 27.7 Å². The Labute approximate surface area is 178 Å². The maximum absolute atomic E-state index is 12.1. The molecular formula is C22H45N3O4. The monoisotopic (exact) mass is 415 g/mol. The van der Waals surface area contributed by atoms with E-state index in [9.17, 15) is 9.59 Å². The van der Waals surface area contributed by atoms with Crippen molar-refractivity contribution in [1.29, 1.82) is 0 Å². The molecule has 3 N–H and O–H groups in total. The highest BCUT2D eigenvalue weighted by Crippen LogP contribution is 2.11. The van der Waals surface area contributed by atoms with Gasteiger partial charge >= 0.3 is 12.2 Å². The summed E-state index contributed by atoms with van der Waals surface area (Å²) in [6.07, 6.45) is 0.854. The van der Waals surface area contributed by atoms with Gasteiger partial charge in [0.25, 0.3) is 0 Å². The normalized spacial score (nSPS) is 14.5. The number of hydrogen-bond donors (Lipinski definition) is 3. The summed E-state index contributed by atoms with van der Waals surface area (Å²) in [6.45, 7) is 20.8. The average molecular weight is 416 g/mol. The molecule has 0 fully saturated rings. The fourth-order valence-electron chi connectivity index (χ4n) is 2.90. The highest BCUT2D eigenvalue weighted by Gasteiger charge is 2.22. The number of carbonyl (C=O) groups excluding carboxylic acids is 2. The average Bonchev–Trinajstić information content (AvgIpc) is 2.40. The minimum absolute atomic E-state index is 0.0499. The molecule has 0 unspecified atom stereocenters. The van der Waals surface area contributed by atoms with Crippen molar-refractivity contribution in [1.82, 2.24) is 16.0 Å². The topological polar surface area (TPSA) is 88.7 Å². The molecule has 0 saturated carbocycles. The maximum atomic E-state index is 12.1. The van der Waals surface area contributed by atoms with Crippen LogP contribution in [0, 0.1) is 11.8 Å². The minimum atomic E-state index is -0.528. The summed E-state index contributed by atoms with van der Waals surface area (Å²) in [5.74, 6) is 0.867. The standard InChI is InChI=1S/C22H45N3O4/c1-15(2)11-17(24-19(26)28-21(5,6)7)13-23-14-18(12-16(3)4)25-20(27)29-22(8,9)10/h15-18,23H,11-14H2,1-10H3,(H,24,26)(H,25,27)/t17-,18-/m0/s1. The third-order valence-corrected chi connectivity index (χ3v) is 3.74. The lowest BCUT2D eigenvalue weighted by atomic mass is 10.0. The Hall–Kier alpha value is -1.50.